The predicted octanol–water partition coefficient (Wildman–Crippen LogP) is 8.86. The minimum Gasteiger partial charge on any atom is -0.207 e. The van der Waals surface area contributed by atoms with Gasteiger partial charge in [-0.15, -0.1) is 0 Å². The Balaban J connectivity index is 1.24. The lowest BCUT2D eigenvalue weighted by atomic mass is 9.74. The zero-order valence-corrected chi connectivity index (χ0v) is 21.8. The van der Waals surface area contributed by atoms with Gasteiger partial charge in [0.05, 0.1) is 11.6 Å². The van der Waals surface area contributed by atoms with E-state index < -0.39 is 17.5 Å². The van der Waals surface area contributed by atoms with Crippen LogP contribution < -0.4 is 0 Å². The van der Waals surface area contributed by atoms with E-state index in [0.29, 0.717) is 53.9 Å². The van der Waals surface area contributed by atoms with Crippen LogP contribution in [0.3, 0.4) is 0 Å². The number of halogens is 4. The monoisotopic (exact) mass is 519 g/mol. The molecule has 5 rings (SSSR count). The molecule has 0 radical (unpaired) electrons. The molecule has 0 saturated heterocycles. The molecule has 1 fully saturated rings. The fraction of sp³-hybridized carbons (Fsp3) is 0.424. The number of nitriles is 1. The maximum Gasteiger partial charge on any atom is 0.133 e. The predicted molar refractivity (Wildman–Crippen MR) is 141 cm³/mol. The van der Waals surface area contributed by atoms with Gasteiger partial charge in [-0.05, 0) is 135 Å². The standard InChI is InChI=1S/C33H33F4N/c1-2-20-16-29(34)28(30(35)17-20)14-6-21-5-13-27-26(15-21)18-31(36)32(33(27)37)25-11-9-24(10-12-25)23-7-3-22(19-38)4-8-23/h3-4,7-8,16-18,21,24-25H,2,5-6,9-15H2,1H3. The third-order valence-corrected chi connectivity index (χ3v) is 8.82. The molecule has 1 nitrogen and oxygen atoms in total. The van der Waals surface area contributed by atoms with Gasteiger partial charge in [0, 0.05) is 11.1 Å². The molecule has 0 N–H and O–H groups in total. The summed E-state index contributed by atoms with van der Waals surface area (Å²) < 4.78 is 59.8. The second-order valence-electron chi connectivity index (χ2n) is 11.0. The van der Waals surface area contributed by atoms with Crippen molar-refractivity contribution in [2.24, 2.45) is 5.92 Å². The summed E-state index contributed by atoms with van der Waals surface area (Å²) in [6.07, 6.45) is 6.42. The SMILES string of the molecule is CCc1cc(F)c(CCC2CCc3c(cc(F)c(C4CCC(c5ccc(C#N)cc5)CC4)c3F)C2)c(F)c1. The summed E-state index contributed by atoms with van der Waals surface area (Å²) in [5.41, 5.74) is 4.12. The molecule has 3 aromatic carbocycles. The van der Waals surface area contributed by atoms with Gasteiger partial charge in [-0.3, -0.25) is 0 Å². The Kier molecular flexibility index (Phi) is 7.88. The van der Waals surface area contributed by atoms with Crippen molar-refractivity contribution in [3.63, 3.8) is 0 Å². The Labute approximate surface area is 222 Å². The summed E-state index contributed by atoms with van der Waals surface area (Å²) in [5.74, 6) is -1.51. The van der Waals surface area contributed by atoms with E-state index in [0.717, 1.165) is 32.1 Å². The molecule has 0 bridgehead atoms. The van der Waals surface area contributed by atoms with Gasteiger partial charge < -0.3 is 0 Å². The van der Waals surface area contributed by atoms with Gasteiger partial charge in [-0.25, -0.2) is 17.6 Å². The molecule has 1 saturated carbocycles. The van der Waals surface area contributed by atoms with E-state index in [4.69, 9.17) is 5.26 Å². The summed E-state index contributed by atoms with van der Waals surface area (Å²) in [6, 6.07) is 14.1. The van der Waals surface area contributed by atoms with Crippen molar-refractivity contribution in [1.29, 1.82) is 5.26 Å². The Bertz CT molecular complexity index is 1320. The average Bonchev–Trinajstić information content (AvgIpc) is 2.92. The zero-order chi connectivity index (χ0) is 26.8. The van der Waals surface area contributed by atoms with E-state index in [1.165, 1.54) is 23.8 Å². The number of benzene rings is 3. The summed E-state index contributed by atoms with van der Waals surface area (Å²) in [5, 5.41) is 9.01. The molecule has 1 unspecified atom stereocenters. The summed E-state index contributed by atoms with van der Waals surface area (Å²) in [4.78, 5) is 0. The number of rotatable bonds is 6. The van der Waals surface area contributed by atoms with Crippen molar-refractivity contribution in [1.82, 2.24) is 0 Å². The minimum absolute atomic E-state index is 0.109. The first-order chi connectivity index (χ1) is 18.4. The van der Waals surface area contributed by atoms with Crippen LogP contribution in [0, 0.1) is 40.5 Å². The molecule has 2 aliphatic carbocycles. The lowest BCUT2D eigenvalue weighted by Crippen LogP contribution is -2.21. The Morgan fingerprint density at radius 2 is 1.50 bits per heavy atom. The third-order valence-electron chi connectivity index (χ3n) is 8.82. The molecule has 38 heavy (non-hydrogen) atoms. The van der Waals surface area contributed by atoms with Crippen LogP contribution in [0.1, 0.15) is 96.2 Å². The number of fused-ring (bicyclic) bond motifs is 1. The van der Waals surface area contributed by atoms with Gasteiger partial charge in [0.25, 0.3) is 0 Å². The van der Waals surface area contributed by atoms with Gasteiger partial charge >= 0.3 is 0 Å². The first kappa shape index (κ1) is 26.5. The van der Waals surface area contributed by atoms with Gasteiger partial charge in [-0.1, -0.05) is 19.1 Å². The van der Waals surface area contributed by atoms with E-state index in [2.05, 4.69) is 6.07 Å². The molecule has 2 aliphatic rings. The van der Waals surface area contributed by atoms with E-state index in [-0.39, 0.29) is 35.2 Å². The van der Waals surface area contributed by atoms with Crippen LogP contribution in [-0.2, 0) is 25.7 Å². The van der Waals surface area contributed by atoms with E-state index in [9.17, 15) is 8.78 Å². The van der Waals surface area contributed by atoms with Crippen LogP contribution in [-0.4, -0.2) is 0 Å². The van der Waals surface area contributed by atoms with Gasteiger partial charge in [0.1, 0.15) is 23.3 Å². The first-order valence-corrected chi connectivity index (χ1v) is 13.8. The second kappa shape index (κ2) is 11.3. The molecule has 198 valence electrons. The van der Waals surface area contributed by atoms with Crippen LogP contribution in [0.15, 0.2) is 42.5 Å². The molecule has 0 amide bonds. The molecule has 0 spiro atoms. The highest BCUT2D eigenvalue weighted by Gasteiger charge is 2.31. The average molecular weight is 520 g/mol. The largest absolute Gasteiger partial charge is 0.207 e. The van der Waals surface area contributed by atoms with Crippen LogP contribution >= 0.6 is 0 Å². The van der Waals surface area contributed by atoms with Crippen molar-refractivity contribution in [3.8, 4) is 6.07 Å². The first-order valence-electron chi connectivity index (χ1n) is 13.8. The molecule has 0 aromatic heterocycles. The molecular weight excluding hydrogens is 486 g/mol. The number of hydrogen-bond acceptors (Lipinski definition) is 1. The minimum atomic E-state index is -0.506. The number of nitrogens with zero attached hydrogens (tertiary/aromatic N) is 1. The highest BCUT2D eigenvalue weighted by molar-refractivity contribution is 5.40. The third kappa shape index (κ3) is 5.37. The van der Waals surface area contributed by atoms with Crippen molar-refractivity contribution in [2.75, 3.05) is 0 Å². The number of aryl methyl sites for hydroxylation is 1. The molecule has 0 aliphatic heterocycles. The van der Waals surface area contributed by atoms with E-state index >= 15 is 8.78 Å². The van der Waals surface area contributed by atoms with E-state index in [1.54, 1.807) is 0 Å². The quantitative estimate of drug-likeness (QED) is 0.298. The van der Waals surface area contributed by atoms with Gasteiger partial charge in [-0.2, -0.15) is 5.26 Å². The normalized spacial score (nSPS) is 21.1. The maximum atomic E-state index is 15.7. The molecule has 3 aromatic rings. The number of hydrogen-bond donors (Lipinski definition) is 0. The van der Waals surface area contributed by atoms with E-state index in [1.807, 2.05) is 31.2 Å². The van der Waals surface area contributed by atoms with Gasteiger partial charge in [0.2, 0.25) is 0 Å². The molecular formula is C33H33F4N. The molecule has 0 heterocycles. The Morgan fingerprint density at radius 1 is 0.842 bits per heavy atom. The lowest BCUT2D eigenvalue weighted by Gasteiger charge is -2.31. The Hall–Kier alpha value is -3.13. The summed E-state index contributed by atoms with van der Waals surface area (Å²) in [7, 11) is 0. The van der Waals surface area contributed by atoms with Crippen molar-refractivity contribution in [3.05, 3.63) is 105 Å². The summed E-state index contributed by atoms with van der Waals surface area (Å²) in [6.45, 7) is 1.86. The Morgan fingerprint density at radius 3 is 2.13 bits per heavy atom. The summed E-state index contributed by atoms with van der Waals surface area (Å²) >= 11 is 0. The maximum absolute atomic E-state index is 15.7. The van der Waals surface area contributed by atoms with Crippen molar-refractivity contribution < 1.29 is 17.6 Å². The van der Waals surface area contributed by atoms with Crippen LogP contribution in [0.4, 0.5) is 17.6 Å². The molecule has 1 atom stereocenters. The van der Waals surface area contributed by atoms with Gasteiger partial charge in [0.15, 0.2) is 0 Å². The second-order valence-corrected chi connectivity index (χ2v) is 11.0. The van der Waals surface area contributed by atoms with Crippen molar-refractivity contribution >= 4 is 0 Å². The van der Waals surface area contributed by atoms with Crippen LogP contribution in [0.5, 0.6) is 0 Å². The lowest BCUT2D eigenvalue weighted by molar-refractivity contribution is 0.369. The zero-order valence-electron chi connectivity index (χ0n) is 21.8. The van der Waals surface area contributed by atoms with Crippen LogP contribution in [0.2, 0.25) is 0 Å². The topological polar surface area (TPSA) is 23.8 Å². The highest BCUT2D eigenvalue weighted by Crippen LogP contribution is 2.44. The highest BCUT2D eigenvalue weighted by atomic mass is 19.1. The fourth-order valence-electron chi connectivity index (χ4n) is 6.55. The molecule has 5 heteroatoms. The van der Waals surface area contributed by atoms with Crippen LogP contribution in [0.25, 0.3) is 0 Å². The fourth-order valence-corrected chi connectivity index (χ4v) is 6.55. The smallest absolute Gasteiger partial charge is 0.133 e. The van der Waals surface area contributed by atoms with Crippen molar-refractivity contribution in [2.45, 2.75) is 83.0 Å².